The standard InChI is InChI=1S/C9H19NO2/c1-7(11)9(2,3)6-10-4-8(12)5-10/h7-8,11-12H,4-6H2,1-3H3. The van der Waals surface area contributed by atoms with Gasteiger partial charge in [-0.3, -0.25) is 4.90 Å². The molecular formula is C9H19NO2. The first-order valence-electron chi connectivity index (χ1n) is 4.50. The third kappa shape index (κ3) is 2.19. The molecule has 1 rings (SSSR count). The molecule has 3 nitrogen and oxygen atoms in total. The summed E-state index contributed by atoms with van der Waals surface area (Å²) in [6, 6.07) is 0. The first-order valence-corrected chi connectivity index (χ1v) is 4.50. The van der Waals surface area contributed by atoms with Crippen molar-refractivity contribution in [2.24, 2.45) is 5.41 Å². The van der Waals surface area contributed by atoms with E-state index in [1.54, 1.807) is 0 Å². The van der Waals surface area contributed by atoms with Gasteiger partial charge in [0.1, 0.15) is 0 Å². The van der Waals surface area contributed by atoms with Gasteiger partial charge in [-0.15, -0.1) is 0 Å². The summed E-state index contributed by atoms with van der Waals surface area (Å²) in [4.78, 5) is 2.16. The average Bonchev–Trinajstić information content (AvgIpc) is 1.83. The van der Waals surface area contributed by atoms with Crippen molar-refractivity contribution in [3.8, 4) is 0 Å². The Bertz CT molecular complexity index is 151. The van der Waals surface area contributed by atoms with E-state index in [-0.39, 0.29) is 17.6 Å². The summed E-state index contributed by atoms with van der Waals surface area (Å²) in [7, 11) is 0. The van der Waals surface area contributed by atoms with Crippen LogP contribution in [0.1, 0.15) is 20.8 Å². The molecule has 0 aliphatic carbocycles. The third-order valence-electron chi connectivity index (χ3n) is 2.70. The van der Waals surface area contributed by atoms with Gasteiger partial charge in [-0.2, -0.15) is 0 Å². The maximum atomic E-state index is 9.43. The second-order valence-electron chi connectivity index (χ2n) is 4.51. The highest BCUT2D eigenvalue weighted by atomic mass is 16.3. The van der Waals surface area contributed by atoms with Crippen LogP contribution in [-0.4, -0.2) is 47.0 Å². The van der Waals surface area contributed by atoms with Crippen molar-refractivity contribution in [1.29, 1.82) is 0 Å². The molecule has 1 atom stereocenters. The molecule has 1 aliphatic rings. The number of nitrogens with zero attached hydrogens (tertiary/aromatic N) is 1. The van der Waals surface area contributed by atoms with Crippen LogP contribution >= 0.6 is 0 Å². The second kappa shape index (κ2) is 3.32. The van der Waals surface area contributed by atoms with Crippen LogP contribution in [0.3, 0.4) is 0 Å². The average molecular weight is 173 g/mol. The molecule has 0 spiro atoms. The van der Waals surface area contributed by atoms with Crippen molar-refractivity contribution >= 4 is 0 Å². The predicted octanol–water partition coefficient (Wildman–Crippen LogP) is 0.0699. The van der Waals surface area contributed by atoms with Crippen LogP contribution in [0.25, 0.3) is 0 Å². The molecule has 1 aliphatic heterocycles. The Morgan fingerprint density at radius 3 is 2.33 bits per heavy atom. The van der Waals surface area contributed by atoms with Crippen LogP contribution in [0.15, 0.2) is 0 Å². The number of aliphatic hydroxyl groups is 2. The van der Waals surface area contributed by atoms with Crippen LogP contribution in [0.5, 0.6) is 0 Å². The summed E-state index contributed by atoms with van der Waals surface area (Å²) in [6.07, 6.45) is -0.440. The van der Waals surface area contributed by atoms with Crippen molar-refractivity contribution in [2.75, 3.05) is 19.6 Å². The number of hydrogen-bond acceptors (Lipinski definition) is 3. The molecule has 1 heterocycles. The zero-order valence-corrected chi connectivity index (χ0v) is 8.12. The van der Waals surface area contributed by atoms with Crippen molar-refractivity contribution in [1.82, 2.24) is 4.90 Å². The normalized spacial score (nSPS) is 23.8. The van der Waals surface area contributed by atoms with Crippen molar-refractivity contribution in [3.63, 3.8) is 0 Å². The van der Waals surface area contributed by atoms with E-state index in [0.29, 0.717) is 0 Å². The number of likely N-dealkylation sites (tertiary alicyclic amines) is 1. The van der Waals surface area contributed by atoms with Crippen LogP contribution in [0.2, 0.25) is 0 Å². The first kappa shape index (κ1) is 9.96. The van der Waals surface area contributed by atoms with Gasteiger partial charge in [-0.1, -0.05) is 13.8 Å². The van der Waals surface area contributed by atoms with Crippen molar-refractivity contribution in [3.05, 3.63) is 0 Å². The zero-order valence-electron chi connectivity index (χ0n) is 8.12. The summed E-state index contributed by atoms with van der Waals surface area (Å²) in [5.74, 6) is 0. The van der Waals surface area contributed by atoms with Gasteiger partial charge in [0, 0.05) is 25.0 Å². The maximum absolute atomic E-state index is 9.43. The Morgan fingerprint density at radius 2 is 2.00 bits per heavy atom. The summed E-state index contributed by atoms with van der Waals surface area (Å²) >= 11 is 0. The Morgan fingerprint density at radius 1 is 1.50 bits per heavy atom. The van der Waals surface area contributed by atoms with Gasteiger partial charge in [0.25, 0.3) is 0 Å². The van der Waals surface area contributed by atoms with E-state index in [1.807, 2.05) is 20.8 Å². The van der Waals surface area contributed by atoms with Gasteiger partial charge in [0.05, 0.1) is 12.2 Å². The highest BCUT2D eigenvalue weighted by Crippen LogP contribution is 2.24. The van der Waals surface area contributed by atoms with Crippen LogP contribution in [0.4, 0.5) is 0 Å². The molecule has 0 bridgehead atoms. The van der Waals surface area contributed by atoms with E-state index in [2.05, 4.69) is 4.90 Å². The Hall–Kier alpha value is -0.120. The Kier molecular flexibility index (Phi) is 2.76. The van der Waals surface area contributed by atoms with Crippen LogP contribution < -0.4 is 0 Å². The second-order valence-corrected chi connectivity index (χ2v) is 4.51. The minimum Gasteiger partial charge on any atom is -0.393 e. The molecule has 0 aromatic rings. The Balaban J connectivity index is 2.30. The molecule has 3 heteroatoms. The van der Waals surface area contributed by atoms with Crippen LogP contribution in [0, 0.1) is 5.41 Å². The minimum absolute atomic E-state index is 0.0693. The van der Waals surface area contributed by atoms with E-state index in [9.17, 15) is 5.11 Å². The fraction of sp³-hybridized carbons (Fsp3) is 1.00. The smallest absolute Gasteiger partial charge is 0.0793 e. The van der Waals surface area contributed by atoms with E-state index in [1.165, 1.54) is 0 Å². The minimum atomic E-state index is -0.296. The molecule has 72 valence electrons. The molecule has 1 fully saturated rings. The van der Waals surface area contributed by atoms with Gasteiger partial charge in [-0.25, -0.2) is 0 Å². The van der Waals surface area contributed by atoms with Crippen molar-refractivity contribution < 1.29 is 10.2 Å². The highest BCUT2D eigenvalue weighted by Gasteiger charge is 2.32. The molecule has 12 heavy (non-hydrogen) atoms. The molecular weight excluding hydrogens is 154 g/mol. The van der Waals surface area contributed by atoms with Crippen LogP contribution in [-0.2, 0) is 0 Å². The summed E-state index contributed by atoms with van der Waals surface area (Å²) in [5.41, 5.74) is -0.0693. The molecule has 0 aromatic heterocycles. The van der Waals surface area contributed by atoms with E-state index >= 15 is 0 Å². The highest BCUT2D eigenvalue weighted by molar-refractivity contribution is 4.85. The lowest BCUT2D eigenvalue weighted by atomic mass is 9.86. The maximum Gasteiger partial charge on any atom is 0.0793 e. The summed E-state index contributed by atoms with van der Waals surface area (Å²) in [5, 5.41) is 18.5. The van der Waals surface area contributed by atoms with E-state index in [4.69, 9.17) is 5.11 Å². The lowest BCUT2D eigenvalue weighted by molar-refractivity contribution is -0.0425. The topological polar surface area (TPSA) is 43.7 Å². The van der Waals surface area contributed by atoms with Gasteiger partial charge >= 0.3 is 0 Å². The largest absolute Gasteiger partial charge is 0.393 e. The number of aliphatic hydroxyl groups excluding tert-OH is 2. The van der Waals surface area contributed by atoms with Gasteiger partial charge in [0.15, 0.2) is 0 Å². The number of β-amino-alcohol motifs (C(OH)–C–C–N with tert-alkyl or cyclic N) is 1. The number of rotatable bonds is 3. The summed E-state index contributed by atoms with van der Waals surface area (Å²) in [6.45, 7) is 8.29. The SMILES string of the molecule is CC(O)C(C)(C)CN1CC(O)C1. The molecule has 2 N–H and O–H groups in total. The lowest BCUT2D eigenvalue weighted by Crippen LogP contribution is -2.55. The van der Waals surface area contributed by atoms with E-state index in [0.717, 1.165) is 19.6 Å². The third-order valence-corrected chi connectivity index (χ3v) is 2.70. The van der Waals surface area contributed by atoms with Gasteiger partial charge in [0.2, 0.25) is 0 Å². The van der Waals surface area contributed by atoms with Crippen molar-refractivity contribution in [2.45, 2.75) is 33.0 Å². The molecule has 1 unspecified atom stereocenters. The fourth-order valence-corrected chi connectivity index (χ4v) is 1.38. The summed E-state index contributed by atoms with van der Waals surface area (Å²) < 4.78 is 0. The molecule has 0 amide bonds. The fourth-order valence-electron chi connectivity index (χ4n) is 1.38. The number of hydrogen-bond donors (Lipinski definition) is 2. The Labute approximate surface area is 74.0 Å². The quantitative estimate of drug-likeness (QED) is 0.635. The predicted molar refractivity (Wildman–Crippen MR) is 47.9 cm³/mol. The first-order chi connectivity index (χ1) is 5.42. The zero-order chi connectivity index (χ0) is 9.35. The lowest BCUT2D eigenvalue weighted by Gasteiger charge is -2.42. The molecule has 0 radical (unpaired) electrons. The molecule has 0 aromatic carbocycles. The van der Waals surface area contributed by atoms with E-state index < -0.39 is 0 Å². The van der Waals surface area contributed by atoms with Gasteiger partial charge < -0.3 is 10.2 Å². The van der Waals surface area contributed by atoms with Gasteiger partial charge in [-0.05, 0) is 6.92 Å². The monoisotopic (exact) mass is 173 g/mol. The molecule has 1 saturated heterocycles. The molecule has 0 saturated carbocycles.